The summed E-state index contributed by atoms with van der Waals surface area (Å²) < 4.78 is 0. The number of rotatable bonds is 6. The fourth-order valence-electron chi connectivity index (χ4n) is 2.31. The van der Waals surface area contributed by atoms with E-state index in [2.05, 4.69) is 20.6 Å². The second-order valence-corrected chi connectivity index (χ2v) is 4.88. The summed E-state index contributed by atoms with van der Waals surface area (Å²) in [6.45, 7) is 2.21. The third kappa shape index (κ3) is 4.39. The molecule has 0 bridgehead atoms. The van der Waals surface area contributed by atoms with Crippen molar-refractivity contribution in [3.05, 3.63) is 11.9 Å². The molecule has 1 aromatic heterocycles. The molecular weight excluding hydrogens is 244 g/mol. The van der Waals surface area contributed by atoms with E-state index in [1.807, 2.05) is 13.0 Å². The number of hydrogen-bond donors (Lipinski definition) is 3. The molecule has 0 amide bonds. The van der Waals surface area contributed by atoms with Crippen LogP contribution in [0.25, 0.3) is 0 Å². The van der Waals surface area contributed by atoms with Gasteiger partial charge in [-0.1, -0.05) is 12.8 Å². The first-order valence-electron chi connectivity index (χ1n) is 6.71. The van der Waals surface area contributed by atoms with E-state index in [1.54, 1.807) is 0 Å². The predicted octanol–water partition coefficient (Wildman–Crippen LogP) is 2.03. The van der Waals surface area contributed by atoms with E-state index in [4.69, 9.17) is 5.11 Å². The Morgan fingerprint density at radius 3 is 2.74 bits per heavy atom. The van der Waals surface area contributed by atoms with Crippen molar-refractivity contribution in [3.8, 4) is 0 Å². The highest BCUT2D eigenvalue weighted by molar-refractivity contribution is 5.67. The minimum absolute atomic E-state index is 0.0778. The fourth-order valence-corrected chi connectivity index (χ4v) is 2.31. The molecule has 0 aliphatic heterocycles. The molecule has 1 fully saturated rings. The van der Waals surface area contributed by atoms with Gasteiger partial charge in [-0.05, 0) is 19.8 Å². The first-order chi connectivity index (χ1) is 9.13. The molecule has 1 saturated carbocycles. The minimum atomic E-state index is -0.817. The summed E-state index contributed by atoms with van der Waals surface area (Å²) in [6.07, 6.45) is 4.99. The summed E-state index contributed by atoms with van der Waals surface area (Å²) in [5.74, 6) is 1.36. The van der Waals surface area contributed by atoms with Gasteiger partial charge in [-0.15, -0.1) is 0 Å². The monoisotopic (exact) mass is 264 g/mol. The molecule has 0 atom stereocenters. The lowest BCUT2D eigenvalue weighted by Crippen LogP contribution is -2.17. The van der Waals surface area contributed by atoms with Crippen LogP contribution in [0.15, 0.2) is 6.07 Å². The molecule has 1 aliphatic rings. The van der Waals surface area contributed by atoms with E-state index in [0.29, 0.717) is 24.2 Å². The van der Waals surface area contributed by atoms with Gasteiger partial charge in [0.2, 0.25) is 0 Å². The van der Waals surface area contributed by atoms with Gasteiger partial charge in [0, 0.05) is 18.7 Å². The molecule has 3 N–H and O–H groups in total. The molecule has 0 radical (unpaired) electrons. The Labute approximate surface area is 112 Å². The van der Waals surface area contributed by atoms with E-state index < -0.39 is 5.97 Å². The van der Waals surface area contributed by atoms with Crippen LogP contribution in [-0.4, -0.2) is 33.6 Å². The molecule has 6 heteroatoms. The average Bonchev–Trinajstić information content (AvgIpc) is 2.80. The van der Waals surface area contributed by atoms with E-state index in [0.717, 1.165) is 5.82 Å². The van der Waals surface area contributed by atoms with Gasteiger partial charge >= 0.3 is 5.97 Å². The van der Waals surface area contributed by atoms with Crippen LogP contribution in [0.5, 0.6) is 0 Å². The van der Waals surface area contributed by atoms with E-state index >= 15 is 0 Å². The Hall–Kier alpha value is -1.85. The van der Waals surface area contributed by atoms with Crippen molar-refractivity contribution < 1.29 is 9.90 Å². The summed E-state index contributed by atoms with van der Waals surface area (Å²) in [6, 6.07) is 2.34. The molecular formula is C13H20N4O2. The van der Waals surface area contributed by atoms with Crippen molar-refractivity contribution in [1.82, 2.24) is 9.97 Å². The maximum atomic E-state index is 10.5. The van der Waals surface area contributed by atoms with Crippen molar-refractivity contribution in [2.75, 3.05) is 17.2 Å². The standard InChI is InChI=1S/C13H20N4O2/c1-9-15-11(14-7-6-13(18)19)8-12(16-9)17-10-4-2-3-5-10/h8,10H,2-7H2,1H3,(H,18,19)(H2,14,15,16,17). The summed E-state index contributed by atoms with van der Waals surface area (Å²) in [4.78, 5) is 19.1. The molecule has 0 unspecified atom stereocenters. The molecule has 0 saturated heterocycles. The Kier molecular flexibility index (Phi) is 4.54. The largest absolute Gasteiger partial charge is 0.481 e. The molecule has 1 aromatic rings. The number of anilines is 2. The highest BCUT2D eigenvalue weighted by atomic mass is 16.4. The molecule has 19 heavy (non-hydrogen) atoms. The number of aromatic nitrogens is 2. The van der Waals surface area contributed by atoms with Crippen LogP contribution in [0, 0.1) is 6.92 Å². The smallest absolute Gasteiger partial charge is 0.305 e. The maximum Gasteiger partial charge on any atom is 0.305 e. The van der Waals surface area contributed by atoms with Crippen LogP contribution in [-0.2, 0) is 4.79 Å². The summed E-state index contributed by atoms with van der Waals surface area (Å²) in [5.41, 5.74) is 0. The number of aliphatic carboxylic acids is 1. The van der Waals surface area contributed by atoms with Gasteiger partial charge in [0.15, 0.2) is 0 Å². The fraction of sp³-hybridized carbons (Fsp3) is 0.615. The van der Waals surface area contributed by atoms with Crippen molar-refractivity contribution in [3.63, 3.8) is 0 Å². The molecule has 1 heterocycles. The first kappa shape index (κ1) is 13.6. The predicted molar refractivity (Wildman–Crippen MR) is 73.4 cm³/mol. The van der Waals surface area contributed by atoms with Gasteiger partial charge in [-0.25, -0.2) is 9.97 Å². The van der Waals surface area contributed by atoms with Crippen molar-refractivity contribution in [2.45, 2.75) is 45.1 Å². The van der Waals surface area contributed by atoms with E-state index in [9.17, 15) is 4.79 Å². The average molecular weight is 264 g/mol. The summed E-state index contributed by atoms with van der Waals surface area (Å²) >= 11 is 0. The highest BCUT2D eigenvalue weighted by Gasteiger charge is 2.15. The number of aryl methyl sites for hydroxylation is 1. The lowest BCUT2D eigenvalue weighted by molar-refractivity contribution is -0.136. The number of carboxylic acid groups (broad SMARTS) is 1. The third-order valence-electron chi connectivity index (χ3n) is 3.19. The summed E-state index contributed by atoms with van der Waals surface area (Å²) in [5, 5.41) is 15.0. The number of carbonyl (C=O) groups is 1. The van der Waals surface area contributed by atoms with Gasteiger partial charge in [0.25, 0.3) is 0 Å². The van der Waals surface area contributed by atoms with E-state index in [-0.39, 0.29) is 6.42 Å². The lowest BCUT2D eigenvalue weighted by Gasteiger charge is -2.14. The minimum Gasteiger partial charge on any atom is -0.481 e. The zero-order valence-electron chi connectivity index (χ0n) is 11.1. The van der Waals surface area contributed by atoms with Gasteiger partial charge in [0.1, 0.15) is 17.5 Å². The van der Waals surface area contributed by atoms with Crippen LogP contribution in [0.1, 0.15) is 37.9 Å². The van der Waals surface area contributed by atoms with Crippen LogP contribution >= 0.6 is 0 Å². The zero-order chi connectivity index (χ0) is 13.7. The Morgan fingerprint density at radius 2 is 2.05 bits per heavy atom. The quantitative estimate of drug-likeness (QED) is 0.728. The van der Waals surface area contributed by atoms with Gasteiger partial charge in [-0.2, -0.15) is 0 Å². The topological polar surface area (TPSA) is 87.1 Å². The van der Waals surface area contributed by atoms with Crippen LogP contribution in [0.2, 0.25) is 0 Å². The normalized spacial score (nSPS) is 15.4. The Balaban J connectivity index is 1.95. The Morgan fingerprint density at radius 1 is 1.37 bits per heavy atom. The van der Waals surface area contributed by atoms with Crippen LogP contribution in [0.3, 0.4) is 0 Å². The third-order valence-corrected chi connectivity index (χ3v) is 3.19. The van der Waals surface area contributed by atoms with Crippen LogP contribution in [0.4, 0.5) is 11.6 Å². The van der Waals surface area contributed by atoms with Crippen molar-refractivity contribution >= 4 is 17.6 Å². The number of hydrogen-bond acceptors (Lipinski definition) is 5. The second kappa shape index (κ2) is 6.36. The van der Waals surface area contributed by atoms with Gasteiger partial charge in [0.05, 0.1) is 6.42 Å². The molecule has 1 aliphatic carbocycles. The lowest BCUT2D eigenvalue weighted by atomic mass is 10.2. The highest BCUT2D eigenvalue weighted by Crippen LogP contribution is 2.22. The maximum absolute atomic E-state index is 10.5. The molecule has 2 rings (SSSR count). The number of carboxylic acids is 1. The second-order valence-electron chi connectivity index (χ2n) is 4.88. The van der Waals surface area contributed by atoms with Crippen molar-refractivity contribution in [2.24, 2.45) is 0 Å². The van der Waals surface area contributed by atoms with Gasteiger partial charge < -0.3 is 15.7 Å². The number of nitrogens with one attached hydrogen (secondary N) is 2. The molecule has 104 valence electrons. The summed E-state index contributed by atoms with van der Waals surface area (Å²) in [7, 11) is 0. The van der Waals surface area contributed by atoms with Crippen LogP contribution < -0.4 is 10.6 Å². The van der Waals surface area contributed by atoms with Crippen molar-refractivity contribution in [1.29, 1.82) is 0 Å². The molecule has 0 spiro atoms. The zero-order valence-corrected chi connectivity index (χ0v) is 11.1. The Bertz CT molecular complexity index is 444. The first-order valence-corrected chi connectivity index (χ1v) is 6.71. The number of nitrogens with zero attached hydrogens (tertiary/aromatic N) is 2. The van der Waals surface area contributed by atoms with E-state index in [1.165, 1.54) is 25.7 Å². The molecule has 6 nitrogen and oxygen atoms in total. The van der Waals surface area contributed by atoms with Gasteiger partial charge in [-0.3, -0.25) is 4.79 Å². The molecule has 0 aromatic carbocycles. The SMILES string of the molecule is Cc1nc(NCCC(=O)O)cc(NC2CCCC2)n1.